The van der Waals surface area contributed by atoms with Crippen LogP contribution in [0.5, 0.6) is 11.5 Å². The Morgan fingerprint density at radius 2 is 1.65 bits per heavy atom. The second-order valence-corrected chi connectivity index (χ2v) is 6.27. The Labute approximate surface area is 135 Å². The highest BCUT2D eigenvalue weighted by Crippen LogP contribution is 2.23. The average molecular weight is 346 g/mol. The molecule has 2 N–H and O–H groups in total. The SMILES string of the molecule is CCCS(=O)(=O)/N=C(\[O-])c1cc(OCCO)cc(OCCO)c1. The average Bonchev–Trinajstić information content (AvgIpc) is 2.50. The summed E-state index contributed by atoms with van der Waals surface area (Å²) in [4.78, 5) is 0. The van der Waals surface area contributed by atoms with Gasteiger partial charge in [-0.1, -0.05) is 6.92 Å². The predicted molar refractivity (Wildman–Crippen MR) is 82.2 cm³/mol. The molecule has 0 saturated carbocycles. The molecule has 23 heavy (non-hydrogen) atoms. The van der Waals surface area contributed by atoms with Crippen molar-refractivity contribution in [3.63, 3.8) is 0 Å². The number of nitrogens with zero attached hydrogens (tertiary/aromatic N) is 1. The quantitative estimate of drug-likeness (QED) is 0.422. The highest BCUT2D eigenvalue weighted by molar-refractivity contribution is 7.90. The van der Waals surface area contributed by atoms with Crippen molar-refractivity contribution in [2.24, 2.45) is 4.40 Å². The first kappa shape index (κ1) is 19.2. The number of hydrogen-bond acceptors (Lipinski definition) is 7. The molecule has 0 atom stereocenters. The van der Waals surface area contributed by atoms with Crippen LogP contribution in [0.2, 0.25) is 0 Å². The molecule has 0 heterocycles. The molecule has 0 aromatic heterocycles. The maximum absolute atomic E-state index is 12.0. The molecule has 0 aliphatic rings. The second-order valence-electron chi connectivity index (χ2n) is 4.52. The third-order valence-electron chi connectivity index (χ3n) is 2.53. The Morgan fingerprint density at radius 3 is 2.09 bits per heavy atom. The van der Waals surface area contributed by atoms with Crippen LogP contribution < -0.4 is 14.6 Å². The molecule has 1 aromatic rings. The van der Waals surface area contributed by atoms with Gasteiger partial charge >= 0.3 is 0 Å². The van der Waals surface area contributed by atoms with E-state index in [1.165, 1.54) is 18.2 Å². The zero-order valence-electron chi connectivity index (χ0n) is 12.8. The minimum atomic E-state index is -3.82. The molecule has 0 unspecified atom stereocenters. The highest BCUT2D eigenvalue weighted by Gasteiger charge is 2.09. The normalized spacial score (nSPS) is 12.2. The summed E-state index contributed by atoms with van der Waals surface area (Å²) in [6.45, 7) is 1.23. The minimum absolute atomic E-state index is 0.00234. The zero-order chi connectivity index (χ0) is 17.3. The Morgan fingerprint density at radius 1 is 1.13 bits per heavy atom. The molecule has 1 aromatic carbocycles. The largest absolute Gasteiger partial charge is 0.858 e. The molecule has 0 fully saturated rings. The summed E-state index contributed by atoms with van der Waals surface area (Å²) in [6.07, 6.45) is 0.351. The number of rotatable bonds is 10. The lowest BCUT2D eigenvalue weighted by atomic mass is 10.2. The first-order valence-electron chi connectivity index (χ1n) is 7.04. The maximum atomic E-state index is 12.0. The van der Waals surface area contributed by atoms with Crippen LogP contribution in [0, 0.1) is 0 Å². The Kier molecular flexibility index (Phi) is 7.79. The van der Waals surface area contributed by atoms with Crippen LogP contribution >= 0.6 is 0 Å². The van der Waals surface area contributed by atoms with E-state index in [0.717, 1.165) is 0 Å². The van der Waals surface area contributed by atoms with Crippen molar-refractivity contribution in [2.75, 3.05) is 32.2 Å². The second kappa shape index (κ2) is 9.33. The molecule has 0 amide bonds. The molecule has 0 saturated heterocycles. The fraction of sp³-hybridized carbons (Fsp3) is 0.500. The van der Waals surface area contributed by atoms with Crippen LogP contribution in [0.1, 0.15) is 18.9 Å². The molecule has 1 rings (SSSR count). The lowest BCUT2D eigenvalue weighted by Gasteiger charge is -2.15. The van der Waals surface area contributed by atoms with Gasteiger partial charge in [-0.25, -0.2) is 8.42 Å². The fourth-order valence-corrected chi connectivity index (χ4v) is 2.64. The molecule has 0 radical (unpaired) electrons. The van der Waals surface area contributed by atoms with Crippen molar-refractivity contribution in [3.05, 3.63) is 23.8 Å². The van der Waals surface area contributed by atoms with Gasteiger partial charge in [-0.3, -0.25) is 0 Å². The van der Waals surface area contributed by atoms with Crippen molar-refractivity contribution < 1.29 is 33.2 Å². The van der Waals surface area contributed by atoms with Gasteiger partial charge in [0.25, 0.3) is 10.0 Å². The summed E-state index contributed by atoms with van der Waals surface area (Å²) >= 11 is 0. The number of sulfonamides is 1. The number of ether oxygens (including phenoxy) is 2. The van der Waals surface area contributed by atoms with E-state index in [1.54, 1.807) is 6.92 Å². The van der Waals surface area contributed by atoms with Crippen molar-refractivity contribution in [1.29, 1.82) is 0 Å². The van der Waals surface area contributed by atoms with Gasteiger partial charge in [0, 0.05) is 12.0 Å². The van der Waals surface area contributed by atoms with E-state index < -0.39 is 15.9 Å². The Bertz CT molecular complexity index is 602. The standard InChI is InChI=1S/C14H21NO7S/c1-2-7-23(19,20)15-14(18)11-8-12(21-5-3-16)10-13(9-11)22-6-4-17/h8-10,16-17H,2-7H2,1H3,(H,15,18)/p-1. The van der Waals surface area contributed by atoms with Gasteiger partial charge in [-0.15, -0.1) is 0 Å². The van der Waals surface area contributed by atoms with E-state index in [2.05, 4.69) is 4.40 Å². The molecule has 0 spiro atoms. The predicted octanol–water partition coefficient (Wildman–Crippen LogP) is -0.724. The van der Waals surface area contributed by atoms with E-state index >= 15 is 0 Å². The minimum Gasteiger partial charge on any atom is -0.858 e. The van der Waals surface area contributed by atoms with Crippen molar-refractivity contribution in [2.45, 2.75) is 13.3 Å². The van der Waals surface area contributed by atoms with E-state index in [9.17, 15) is 13.5 Å². The number of aliphatic hydroxyl groups is 2. The zero-order valence-corrected chi connectivity index (χ0v) is 13.6. The summed E-state index contributed by atoms with van der Waals surface area (Å²) in [5.74, 6) is -0.698. The van der Waals surface area contributed by atoms with Crippen LogP contribution in [0.25, 0.3) is 0 Å². The number of hydrogen-bond donors (Lipinski definition) is 2. The van der Waals surface area contributed by atoms with Gasteiger partial charge in [-0.05, 0) is 24.1 Å². The van der Waals surface area contributed by atoms with Gasteiger partial charge in [0.1, 0.15) is 24.7 Å². The molecule has 9 heteroatoms. The fourth-order valence-electron chi connectivity index (χ4n) is 1.67. The van der Waals surface area contributed by atoms with Crippen molar-refractivity contribution >= 4 is 15.9 Å². The van der Waals surface area contributed by atoms with Crippen LogP contribution in [0.3, 0.4) is 0 Å². The topological polar surface area (TPSA) is 128 Å². The molecular formula is C14H20NO7S-. The Balaban J connectivity index is 3.14. The monoisotopic (exact) mass is 346 g/mol. The third-order valence-corrected chi connectivity index (χ3v) is 3.90. The molecule has 130 valence electrons. The summed E-state index contributed by atoms with van der Waals surface area (Å²) in [6, 6.07) is 4.09. The molecule has 0 aliphatic carbocycles. The highest BCUT2D eigenvalue weighted by atomic mass is 32.2. The lowest BCUT2D eigenvalue weighted by molar-refractivity contribution is -0.212. The first-order valence-corrected chi connectivity index (χ1v) is 8.65. The van der Waals surface area contributed by atoms with E-state index in [0.29, 0.717) is 6.42 Å². The van der Waals surface area contributed by atoms with E-state index in [1.807, 2.05) is 0 Å². The first-order chi connectivity index (χ1) is 10.9. The number of benzene rings is 1. The molecule has 0 bridgehead atoms. The summed E-state index contributed by atoms with van der Waals surface area (Å²) in [7, 11) is -3.82. The van der Waals surface area contributed by atoms with Crippen LogP contribution in [0.15, 0.2) is 22.6 Å². The molecule has 0 aliphatic heterocycles. The summed E-state index contributed by atoms with van der Waals surface area (Å²) < 4.78 is 36.9. The van der Waals surface area contributed by atoms with Gasteiger partial charge in [0.05, 0.1) is 19.0 Å². The number of aliphatic hydroxyl groups excluding tert-OH is 2. The lowest BCUT2D eigenvalue weighted by Crippen LogP contribution is -2.22. The Hall–Kier alpha value is -1.84. The van der Waals surface area contributed by atoms with E-state index in [4.69, 9.17) is 19.7 Å². The summed E-state index contributed by atoms with van der Waals surface area (Å²) in [5, 5.41) is 29.6. The van der Waals surface area contributed by atoms with Gasteiger partial charge in [-0.2, -0.15) is 4.40 Å². The third kappa shape index (κ3) is 6.85. The van der Waals surface area contributed by atoms with E-state index in [-0.39, 0.29) is 49.2 Å². The van der Waals surface area contributed by atoms with Crippen LogP contribution in [-0.2, 0) is 10.0 Å². The van der Waals surface area contributed by atoms with Gasteiger partial charge in [0.15, 0.2) is 0 Å². The molecule has 8 nitrogen and oxygen atoms in total. The van der Waals surface area contributed by atoms with Crippen LogP contribution in [0.4, 0.5) is 0 Å². The maximum Gasteiger partial charge on any atom is 0.252 e. The van der Waals surface area contributed by atoms with Crippen molar-refractivity contribution in [1.82, 2.24) is 0 Å². The molecular weight excluding hydrogens is 326 g/mol. The van der Waals surface area contributed by atoms with Gasteiger partial charge in [0.2, 0.25) is 0 Å². The van der Waals surface area contributed by atoms with Crippen LogP contribution in [-0.4, -0.2) is 56.7 Å². The van der Waals surface area contributed by atoms with Crippen molar-refractivity contribution in [3.8, 4) is 11.5 Å². The summed E-state index contributed by atoms with van der Waals surface area (Å²) in [5.41, 5.74) is -0.0203. The van der Waals surface area contributed by atoms with Gasteiger partial charge < -0.3 is 24.8 Å². The smallest absolute Gasteiger partial charge is 0.252 e.